The summed E-state index contributed by atoms with van der Waals surface area (Å²) in [7, 11) is 1.70. The van der Waals surface area contributed by atoms with E-state index < -0.39 is 12.0 Å². The summed E-state index contributed by atoms with van der Waals surface area (Å²) < 4.78 is 25.0. The van der Waals surface area contributed by atoms with Crippen LogP contribution in [0.3, 0.4) is 0 Å². The summed E-state index contributed by atoms with van der Waals surface area (Å²) in [6.07, 6.45) is 8.69. The molecule has 2 aromatic heterocycles. The smallest absolute Gasteiger partial charge is 0.320 e. The summed E-state index contributed by atoms with van der Waals surface area (Å²) in [6.45, 7) is 6.53. The molecule has 0 aliphatic heterocycles. The van der Waals surface area contributed by atoms with E-state index >= 15 is 0 Å². The summed E-state index contributed by atoms with van der Waals surface area (Å²) >= 11 is 13.4. The van der Waals surface area contributed by atoms with E-state index in [-0.39, 0.29) is 52.6 Å². The number of hydrogen-bond donors (Lipinski definition) is 4. The SMILES string of the molecule is C/N=C/c1cncc(COc2cc(OCc3cccc(-c4cccc(COc5cc(OCc6cncc(C)c6)c(CN[C@H](CCO)C(=O)O)cc5Cl)c4C)c3C)c(Cl)cc2CO)c1. The summed E-state index contributed by atoms with van der Waals surface area (Å²) in [5, 5.41) is 32.7. The monoisotopic (exact) mass is 892 g/mol. The molecule has 12 nitrogen and oxygen atoms in total. The zero-order valence-electron chi connectivity index (χ0n) is 35.5. The molecule has 0 fully saturated rings. The lowest BCUT2D eigenvalue weighted by Gasteiger charge is -2.19. The van der Waals surface area contributed by atoms with Crippen LogP contribution < -0.4 is 24.3 Å². The second-order valence-electron chi connectivity index (χ2n) is 14.9. The van der Waals surface area contributed by atoms with Gasteiger partial charge in [0.15, 0.2) is 0 Å². The average molecular weight is 894 g/mol. The number of aryl methyl sites for hydroxylation is 1. The van der Waals surface area contributed by atoms with Crippen LogP contribution in [-0.2, 0) is 44.4 Å². The minimum absolute atomic E-state index is 0.0447. The van der Waals surface area contributed by atoms with Gasteiger partial charge in [0.1, 0.15) is 55.5 Å². The largest absolute Gasteiger partial charge is 0.488 e. The third-order valence-corrected chi connectivity index (χ3v) is 11.0. The Kier molecular flexibility index (Phi) is 16.5. The van der Waals surface area contributed by atoms with Crippen molar-refractivity contribution in [3.63, 3.8) is 0 Å². The predicted octanol–water partition coefficient (Wildman–Crippen LogP) is 9.16. The van der Waals surface area contributed by atoms with Gasteiger partial charge in [0.2, 0.25) is 0 Å². The molecule has 63 heavy (non-hydrogen) atoms. The van der Waals surface area contributed by atoms with Crippen LogP contribution >= 0.6 is 23.2 Å². The van der Waals surface area contributed by atoms with Gasteiger partial charge >= 0.3 is 5.97 Å². The van der Waals surface area contributed by atoms with Crippen LogP contribution in [0.15, 0.2) is 103 Å². The van der Waals surface area contributed by atoms with Crippen LogP contribution in [0, 0.1) is 20.8 Å². The van der Waals surface area contributed by atoms with E-state index in [2.05, 4.69) is 46.3 Å². The zero-order valence-corrected chi connectivity index (χ0v) is 37.0. The lowest BCUT2D eigenvalue weighted by Crippen LogP contribution is -2.37. The van der Waals surface area contributed by atoms with Gasteiger partial charge in [-0.05, 0) is 90.4 Å². The maximum Gasteiger partial charge on any atom is 0.320 e. The first kappa shape index (κ1) is 46.5. The maximum absolute atomic E-state index is 11.8. The van der Waals surface area contributed by atoms with Gasteiger partial charge in [-0.2, -0.15) is 0 Å². The molecule has 4 aromatic carbocycles. The molecule has 0 amide bonds. The van der Waals surface area contributed by atoms with Crippen molar-refractivity contribution in [2.75, 3.05) is 13.7 Å². The Bertz CT molecular complexity index is 2570. The Hall–Kier alpha value is -6.02. The van der Waals surface area contributed by atoms with Crippen LogP contribution in [0.4, 0.5) is 0 Å². The number of rotatable bonds is 21. The second kappa shape index (κ2) is 22.4. The molecule has 0 unspecified atom stereocenters. The number of benzene rings is 4. The Morgan fingerprint density at radius 1 is 0.698 bits per heavy atom. The molecule has 0 aliphatic rings. The van der Waals surface area contributed by atoms with Crippen molar-refractivity contribution in [1.29, 1.82) is 0 Å². The highest BCUT2D eigenvalue weighted by atomic mass is 35.5. The number of aliphatic hydroxyl groups is 2. The number of nitrogens with one attached hydrogen (secondary N) is 1. The van der Waals surface area contributed by atoms with Crippen molar-refractivity contribution in [2.24, 2.45) is 4.99 Å². The van der Waals surface area contributed by atoms with Gasteiger partial charge in [-0.1, -0.05) is 59.6 Å². The number of aromatic nitrogens is 2. The molecule has 0 saturated carbocycles. The number of carboxylic acid groups (broad SMARTS) is 1. The van der Waals surface area contributed by atoms with Crippen molar-refractivity contribution in [3.8, 4) is 34.1 Å². The third-order valence-electron chi connectivity index (χ3n) is 10.4. The molecule has 4 N–H and O–H groups in total. The van der Waals surface area contributed by atoms with Gasteiger partial charge in [-0.3, -0.25) is 19.8 Å². The van der Waals surface area contributed by atoms with Gasteiger partial charge in [-0.15, -0.1) is 0 Å². The van der Waals surface area contributed by atoms with Crippen molar-refractivity contribution in [2.45, 2.75) is 72.8 Å². The lowest BCUT2D eigenvalue weighted by molar-refractivity contribution is -0.140. The Labute approximate surface area is 377 Å². The Balaban J connectivity index is 1.18. The molecule has 6 rings (SSSR count). The topological polar surface area (TPSA) is 165 Å². The summed E-state index contributed by atoms with van der Waals surface area (Å²) in [5.41, 5.74) is 10.7. The lowest BCUT2D eigenvalue weighted by atomic mass is 9.92. The summed E-state index contributed by atoms with van der Waals surface area (Å²) in [5.74, 6) is 0.668. The molecule has 0 radical (unpaired) electrons. The van der Waals surface area contributed by atoms with Gasteiger partial charge in [0, 0.05) is 91.2 Å². The Morgan fingerprint density at radius 2 is 1.24 bits per heavy atom. The first-order chi connectivity index (χ1) is 30.5. The standard InChI is InChI=1S/C49H50Cl2N4O8/c1-30-13-34(22-53-19-30)26-60-45-17-47(42(50)15-38(45)24-55-44(11-12-56)49(58)59)62-28-36-7-5-9-40(31(36)2)41-10-6-8-37(32(41)3)29-63-48-18-46(39(25-57)16-43(48)51)61-27-35-14-33(20-52-4)21-54-23-35/h5-10,13-23,44,55-57H,11-12,24-29H2,1-4H3,(H,58,59)/b52-20+/t44-/m1/s1. The van der Waals surface area contributed by atoms with Crippen molar-refractivity contribution >= 4 is 35.4 Å². The number of nitrogens with zero attached hydrogens (tertiary/aromatic N) is 3. The molecule has 0 bridgehead atoms. The van der Waals surface area contributed by atoms with E-state index in [4.69, 9.17) is 42.1 Å². The van der Waals surface area contributed by atoms with Crippen LogP contribution in [-0.4, -0.2) is 57.2 Å². The van der Waals surface area contributed by atoms with Crippen LogP contribution in [0.1, 0.15) is 62.1 Å². The quantitative estimate of drug-likeness (QED) is 0.0510. The molecule has 328 valence electrons. The van der Waals surface area contributed by atoms with Crippen LogP contribution in [0.2, 0.25) is 10.0 Å². The van der Waals surface area contributed by atoms with E-state index in [9.17, 15) is 20.1 Å². The third kappa shape index (κ3) is 12.3. The molecule has 0 spiro atoms. The number of aliphatic hydroxyl groups excluding tert-OH is 2. The molecule has 6 aromatic rings. The fourth-order valence-corrected chi connectivity index (χ4v) is 7.46. The normalized spacial score (nSPS) is 11.7. The van der Waals surface area contributed by atoms with Crippen LogP contribution in [0.25, 0.3) is 11.1 Å². The fourth-order valence-electron chi connectivity index (χ4n) is 6.98. The molecule has 0 aliphatic carbocycles. The van der Waals surface area contributed by atoms with E-state index in [1.54, 1.807) is 62.3 Å². The minimum atomic E-state index is -1.07. The summed E-state index contributed by atoms with van der Waals surface area (Å²) in [6, 6.07) is 21.9. The van der Waals surface area contributed by atoms with Gasteiger partial charge in [0.05, 0.1) is 16.7 Å². The number of aliphatic carboxylic acids is 1. The molecular weight excluding hydrogens is 843 g/mol. The number of pyridine rings is 2. The van der Waals surface area contributed by atoms with Crippen molar-refractivity contribution < 1.29 is 39.1 Å². The number of hydrogen-bond acceptors (Lipinski definition) is 11. The fraction of sp³-hybridized carbons (Fsp3) is 0.265. The van der Waals surface area contributed by atoms with Crippen molar-refractivity contribution in [1.82, 2.24) is 15.3 Å². The van der Waals surface area contributed by atoms with E-state index in [0.29, 0.717) is 44.2 Å². The number of halogens is 2. The van der Waals surface area contributed by atoms with E-state index in [0.717, 1.165) is 55.6 Å². The van der Waals surface area contributed by atoms with Crippen molar-refractivity contribution in [3.05, 3.63) is 163 Å². The van der Waals surface area contributed by atoms with Crippen LogP contribution in [0.5, 0.6) is 23.0 Å². The number of carbonyl (C=O) groups is 1. The molecule has 2 heterocycles. The van der Waals surface area contributed by atoms with E-state index in [1.165, 1.54) is 0 Å². The molecular formula is C49H50Cl2N4O8. The first-order valence-corrected chi connectivity index (χ1v) is 21.0. The molecule has 0 saturated heterocycles. The highest BCUT2D eigenvalue weighted by Crippen LogP contribution is 2.37. The predicted molar refractivity (Wildman–Crippen MR) is 244 cm³/mol. The molecule has 1 atom stereocenters. The zero-order chi connectivity index (χ0) is 44.9. The maximum atomic E-state index is 11.8. The second-order valence-corrected chi connectivity index (χ2v) is 15.8. The highest BCUT2D eigenvalue weighted by molar-refractivity contribution is 6.32. The van der Waals surface area contributed by atoms with Gasteiger partial charge in [0.25, 0.3) is 0 Å². The van der Waals surface area contributed by atoms with E-state index in [1.807, 2.05) is 43.3 Å². The minimum Gasteiger partial charge on any atom is -0.488 e. The highest BCUT2D eigenvalue weighted by Gasteiger charge is 2.20. The number of carboxylic acids is 1. The van der Waals surface area contributed by atoms with Gasteiger partial charge in [-0.25, -0.2) is 0 Å². The summed E-state index contributed by atoms with van der Waals surface area (Å²) in [4.78, 5) is 24.3. The number of aliphatic imine (C=N–C) groups is 1. The first-order valence-electron chi connectivity index (χ1n) is 20.3. The Morgan fingerprint density at radius 3 is 1.78 bits per heavy atom. The molecule has 14 heteroatoms. The average Bonchev–Trinajstić information content (AvgIpc) is 3.27. The van der Waals surface area contributed by atoms with Gasteiger partial charge < -0.3 is 39.6 Å². The number of ether oxygens (including phenoxy) is 4.